The summed E-state index contributed by atoms with van der Waals surface area (Å²) in [6, 6.07) is 2.95. The predicted molar refractivity (Wildman–Crippen MR) is 72.6 cm³/mol. The second-order valence-electron chi connectivity index (χ2n) is 5.56. The van der Waals surface area contributed by atoms with Crippen molar-refractivity contribution in [1.82, 2.24) is 15.1 Å². The van der Waals surface area contributed by atoms with Gasteiger partial charge in [-0.3, -0.25) is 0 Å². The molecule has 2 fully saturated rings. The van der Waals surface area contributed by atoms with Gasteiger partial charge in [-0.2, -0.15) is 5.10 Å². The summed E-state index contributed by atoms with van der Waals surface area (Å²) in [7, 11) is 0. The molecule has 5 nitrogen and oxygen atoms in total. The van der Waals surface area contributed by atoms with E-state index in [4.69, 9.17) is 5.73 Å². The molecule has 100 valence electrons. The third kappa shape index (κ3) is 2.37. The van der Waals surface area contributed by atoms with Crippen LogP contribution in [0.25, 0.3) is 0 Å². The summed E-state index contributed by atoms with van der Waals surface area (Å²) in [4.78, 5) is 0. The average Bonchev–Trinajstić information content (AvgIpc) is 2.74. The van der Waals surface area contributed by atoms with Crippen LogP contribution in [-0.2, 0) is 0 Å². The molecule has 3 rings (SSSR count). The molecule has 2 aliphatic rings. The number of hydrogen-bond acceptors (Lipinski definition) is 4. The van der Waals surface area contributed by atoms with Crippen LogP contribution in [0.15, 0.2) is 12.3 Å². The Hall–Kier alpha value is -1.07. The molecule has 0 aromatic carbocycles. The summed E-state index contributed by atoms with van der Waals surface area (Å²) in [5, 5.41) is 11.2. The Morgan fingerprint density at radius 1 is 1.39 bits per heavy atom. The van der Waals surface area contributed by atoms with Crippen LogP contribution in [0.3, 0.4) is 0 Å². The largest absolute Gasteiger partial charge is 0.370 e. The summed E-state index contributed by atoms with van der Waals surface area (Å²) in [6.07, 6.45) is 6.93. The van der Waals surface area contributed by atoms with E-state index in [1.165, 1.54) is 25.7 Å². The maximum absolute atomic E-state index is 6.18. The van der Waals surface area contributed by atoms with Gasteiger partial charge in [0.25, 0.3) is 0 Å². The van der Waals surface area contributed by atoms with Crippen LogP contribution in [0.1, 0.15) is 31.7 Å². The zero-order valence-corrected chi connectivity index (χ0v) is 10.8. The fourth-order valence-electron chi connectivity index (χ4n) is 2.92. The van der Waals surface area contributed by atoms with Crippen LogP contribution >= 0.6 is 0 Å². The highest BCUT2D eigenvalue weighted by Gasteiger charge is 2.24. The number of nitrogens with two attached hydrogens (primary N) is 1. The molecule has 1 aromatic heterocycles. The van der Waals surface area contributed by atoms with Crippen LogP contribution in [-0.4, -0.2) is 35.5 Å². The summed E-state index contributed by atoms with van der Waals surface area (Å²) in [5.41, 5.74) is 6.18. The first-order valence-electron chi connectivity index (χ1n) is 7.08. The number of hydrogen-bond donors (Lipinski definition) is 3. The topological polar surface area (TPSA) is 67.9 Å². The van der Waals surface area contributed by atoms with E-state index in [-0.39, 0.29) is 0 Å². The minimum atomic E-state index is 0.369. The maximum atomic E-state index is 6.18. The van der Waals surface area contributed by atoms with Gasteiger partial charge >= 0.3 is 0 Å². The molecular formula is C13H23N5. The van der Waals surface area contributed by atoms with Crippen molar-refractivity contribution in [3.8, 4) is 0 Å². The van der Waals surface area contributed by atoms with Crippen molar-refractivity contribution in [3.63, 3.8) is 0 Å². The number of anilines is 1. The summed E-state index contributed by atoms with van der Waals surface area (Å²) in [6.45, 7) is 3.03. The van der Waals surface area contributed by atoms with Crippen molar-refractivity contribution < 1.29 is 0 Å². The molecule has 0 amide bonds. The van der Waals surface area contributed by atoms with E-state index in [9.17, 15) is 0 Å². The lowest BCUT2D eigenvalue weighted by Gasteiger charge is -2.31. The van der Waals surface area contributed by atoms with Crippen molar-refractivity contribution in [2.24, 2.45) is 11.7 Å². The lowest BCUT2D eigenvalue weighted by Crippen LogP contribution is -2.44. The number of aromatic nitrogens is 2. The Morgan fingerprint density at radius 2 is 2.22 bits per heavy atom. The molecule has 5 heteroatoms. The molecule has 18 heavy (non-hydrogen) atoms. The summed E-state index contributed by atoms with van der Waals surface area (Å²) >= 11 is 0. The maximum Gasteiger partial charge on any atom is 0.124 e. The molecule has 1 saturated carbocycles. The Bertz CT molecular complexity index is 384. The van der Waals surface area contributed by atoms with Crippen molar-refractivity contribution in [2.75, 3.05) is 25.0 Å². The predicted octanol–water partition coefficient (Wildman–Crippen LogP) is 0.957. The molecule has 2 heterocycles. The zero-order chi connectivity index (χ0) is 12.4. The fourth-order valence-corrected chi connectivity index (χ4v) is 2.92. The molecule has 1 aliphatic carbocycles. The minimum Gasteiger partial charge on any atom is -0.370 e. The number of nitrogens with one attached hydrogen (secondary N) is 2. The molecule has 1 aliphatic heterocycles. The van der Waals surface area contributed by atoms with Crippen molar-refractivity contribution in [3.05, 3.63) is 12.3 Å². The monoisotopic (exact) mass is 249 g/mol. The third-order valence-corrected chi connectivity index (χ3v) is 4.29. The zero-order valence-electron chi connectivity index (χ0n) is 10.8. The van der Waals surface area contributed by atoms with E-state index in [0.29, 0.717) is 18.0 Å². The van der Waals surface area contributed by atoms with E-state index < -0.39 is 0 Å². The van der Waals surface area contributed by atoms with Crippen LogP contribution in [0.4, 0.5) is 5.82 Å². The third-order valence-electron chi connectivity index (χ3n) is 4.29. The lowest BCUT2D eigenvalue weighted by molar-refractivity contribution is 0.312. The lowest BCUT2D eigenvalue weighted by atomic mass is 9.85. The highest BCUT2D eigenvalue weighted by atomic mass is 15.4. The van der Waals surface area contributed by atoms with Crippen molar-refractivity contribution >= 4 is 5.82 Å². The van der Waals surface area contributed by atoms with Crippen LogP contribution in [0.2, 0.25) is 0 Å². The molecule has 1 aromatic rings. The van der Waals surface area contributed by atoms with Gasteiger partial charge in [0, 0.05) is 31.7 Å². The Balaban J connectivity index is 1.57. The first-order chi connectivity index (χ1) is 8.84. The van der Waals surface area contributed by atoms with E-state index in [1.54, 1.807) is 0 Å². The first kappa shape index (κ1) is 12.0. The molecule has 2 atom stereocenters. The van der Waals surface area contributed by atoms with Gasteiger partial charge in [0.2, 0.25) is 0 Å². The quantitative estimate of drug-likeness (QED) is 0.743. The van der Waals surface area contributed by atoms with Gasteiger partial charge in [-0.05, 0) is 18.8 Å². The van der Waals surface area contributed by atoms with Gasteiger partial charge in [0.1, 0.15) is 5.82 Å². The van der Waals surface area contributed by atoms with Gasteiger partial charge in [0.15, 0.2) is 0 Å². The highest BCUT2D eigenvalue weighted by molar-refractivity contribution is 5.35. The summed E-state index contributed by atoms with van der Waals surface area (Å²) in [5.74, 6) is 1.75. The second kappa shape index (κ2) is 5.28. The molecule has 4 N–H and O–H groups in total. The molecule has 0 radical (unpaired) electrons. The van der Waals surface area contributed by atoms with E-state index in [2.05, 4.69) is 26.5 Å². The Labute approximate surface area is 108 Å². The van der Waals surface area contributed by atoms with E-state index >= 15 is 0 Å². The SMILES string of the molecule is N[C@H]1CCCC[C@H]1CNc1ccnn1C1CNC1. The average molecular weight is 249 g/mol. The van der Waals surface area contributed by atoms with Crippen molar-refractivity contribution in [2.45, 2.75) is 37.8 Å². The minimum absolute atomic E-state index is 0.369. The standard InChI is InChI=1S/C13H23N5/c14-12-4-2-1-3-10(12)7-16-13-5-6-17-18(13)11-8-15-9-11/h5-6,10-12,15-16H,1-4,7-9,14H2/t10-,12-/m0/s1. The van der Waals surface area contributed by atoms with Crippen LogP contribution in [0.5, 0.6) is 0 Å². The van der Waals surface area contributed by atoms with E-state index in [0.717, 1.165) is 25.5 Å². The second-order valence-corrected chi connectivity index (χ2v) is 5.56. The molecule has 0 bridgehead atoms. The normalized spacial score (nSPS) is 28.9. The smallest absolute Gasteiger partial charge is 0.124 e. The van der Waals surface area contributed by atoms with Gasteiger partial charge in [0.05, 0.1) is 12.2 Å². The van der Waals surface area contributed by atoms with Crippen molar-refractivity contribution in [1.29, 1.82) is 0 Å². The Morgan fingerprint density at radius 3 is 2.94 bits per heavy atom. The van der Waals surface area contributed by atoms with Gasteiger partial charge in [-0.15, -0.1) is 0 Å². The number of rotatable bonds is 4. The molecule has 1 saturated heterocycles. The van der Waals surface area contributed by atoms with Gasteiger partial charge in [-0.1, -0.05) is 12.8 Å². The molecular weight excluding hydrogens is 226 g/mol. The first-order valence-corrected chi connectivity index (χ1v) is 7.08. The highest BCUT2D eigenvalue weighted by Crippen LogP contribution is 2.24. The number of nitrogens with zero attached hydrogens (tertiary/aromatic N) is 2. The van der Waals surface area contributed by atoms with Gasteiger partial charge in [-0.25, -0.2) is 4.68 Å². The van der Waals surface area contributed by atoms with Crippen LogP contribution < -0.4 is 16.4 Å². The van der Waals surface area contributed by atoms with E-state index in [1.807, 2.05) is 6.20 Å². The summed E-state index contributed by atoms with van der Waals surface area (Å²) < 4.78 is 2.10. The van der Waals surface area contributed by atoms with Gasteiger partial charge < -0.3 is 16.4 Å². The van der Waals surface area contributed by atoms with Crippen LogP contribution in [0, 0.1) is 5.92 Å². The molecule has 0 unspecified atom stereocenters. The Kier molecular flexibility index (Phi) is 3.52. The fraction of sp³-hybridized carbons (Fsp3) is 0.769. The molecule has 0 spiro atoms.